The monoisotopic (exact) mass is 284 g/mol. The van der Waals surface area contributed by atoms with Gasteiger partial charge < -0.3 is 20.7 Å². The Hall–Kier alpha value is -1.46. The molecule has 0 aliphatic heterocycles. The first kappa shape index (κ1) is 16.6. The van der Waals surface area contributed by atoms with E-state index in [-0.39, 0.29) is 6.09 Å². The summed E-state index contributed by atoms with van der Waals surface area (Å²) < 4.78 is 5.42. The van der Waals surface area contributed by atoms with Crippen molar-refractivity contribution in [2.75, 3.05) is 19.6 Å². The van der Waals surface area contributed by atoms with E-state index in [0.29, 0.717) is 25.1 Å². The highest BCUT2D eigenvalue weighted by atomic mass is 16.6. The van der Waals surface area contributed by atoms with Gasteiger partial charge in [-0.3, -0.25) is 4.99 Å². The normalized spacial score (nSPS) is 15.9. The van der Waals surface area contributed by atoms with Gasteiger partial charge in [0.1, 0.15) is 5.60 Å². The van der Waals surface area contributed by atoms with Gasteiger partial charge in [0.15, 0.2) is 5.96 Å². The van der Waals surface area contributed by atoms with Crippen molar-refractivity contribution >= 4 is 12.1 Å². The van der Waals surface area contributed by atoms with Crippen LogP contribution in [0, 0.1) is 0 Å². The molecule has 1 rings (SSSR count). The molecule has 1 aliphatic rings. The second-order valence-electron chi connectivity index (χ2n) is 6.10. The third-order valence-electron chi connectivity index (χ3n) is 2.78. The van der Waals surface area contributed by atoms with Gasteiger partial charge in [0.25, 0.3) is 0 Å². The predicted octanol–water partition coefficient (Wildman–Crippen LogP) is 1.70. The van der Waals surface area contributed by atoms with E-state index in [0.717, 1.165) is 25.8 Å². The summed E-state index contributed by atoms with van der Waals surface area (Å²) >= 11 is 0. The number of carbonyl (C=O) groups is 1. The van der Waals surface area contributed by atoms with Crippen LogP contribution in [-0.4, -0.2) is 48.2 Å². The average Bonchev–Trinajstić information content (AvgIpc) is 3.13. The highest BCUT2D eigenvalue weighted by molar-refractivity contribution is 5.77. The van der Waals surface area contributed by atoms with Crippen LogP contribution in [-0.2, 0) is 4.74 Å². The number of nitrogens with zero attached hydrogens (tertiary/aromatic N) is 2. The van der Waals surface area contributed by atoms with Crippen molar-refractivity contribution in [1.82, 2.24) is 10.2 Å². The van der Waals surface area contributed by atoms with E-state index >= 15 is 0 Å². The summed E-state index contributed by atoms with van der Waals surface area (Å²) in [6.07, 6.45) is 2.83. The Morgan fingerprint density at radius 3 is 2.60 bits per heavy atom. The van der Waals surface area contributed by atoms with E-state index in [1.54, 1.807) is 4.90 Å². The third-order valence-corrected chi connectivity index (χ3v) is 2.78. The fourth-order valence-corrected chi connectivity index (χ4v) is 1.72. The molecular weight excluding hydrogens is 256 g/mol. The zero-order chi connectivity index (χ0) is 15.2. The average molecular weight is 284 g/mol. The summed E-state index contributed by atoms with van der Waals surface area (Å²) in [5.74, 6) is 0.437. The van der Waals surface area contributed by atoms with Crippen molar-refractivity contribution in [3.8, 4) is 0 Å². The summed E-state index contributed by atoms with van der Waals surface area (Å²) in [6, 6.07) is 0.320. The molecule has 0 spiro atoms. The second-order valence-corrected chi connectivity index (χ2v) is 6.10. The Labute approximate surface area is 121 Å². The Morgan fingerprint density at radius 1 is 1.45 bits per heavy atom. The van der Waals surface area contributed by atoms with E-state index in [9.17, 15) is 4.79 Å². The number of nitrogens with two attached hydrogens (primary N) is 1. The zero-order valence-electron chi connectivity index (χ0n) is 13.1. The maximum Gasteiger partial charge on any atom is 0.410 e. The number of rotatable bonds is 6. The van der Waals surface area contributed by atoms with Gasteiger partial charge in [-0.1, -0.05) is 6.92 Å². The van der Waals surface area contributed by atoms with Crippen LogP contribution >= 0.6 is 0 Å². The molecule has 0 heterocycles. The molecule has 0 saturated heterocycles. The number of ether oxygens (including phenoxy) is 1. The molecule has 1 fully saturated rings. The van der Waals surface area contributed by atoms with Gasteiger partial charge in [0, 0.05) is 25.7 Å². The lowest BCUT2D eigenvalue weighted by molar-refractivity contribution is 0.0238. The SMILES string of the molecule is CCCN=C(N)NCCN(C(=O)OC(C)(C)C)C1CC1. The largest absolute Gasteiger partial charge is 0.444 e. The molecule has 6 nitrogen and oxygen atoms in total. The summed E-state index contributed by atoms with van der Waals surface area (Å²) in [5.41, 5.74) is 5.26. The molecule has 0 aromatic carbocycles. The van der Waals surface area contributed by atoms with E-state index in [4.69, 9.17) is 10.5 Å². The molecule has 3 N–H and O–H groups in total. The fourth-order valence-electron chi connectivity index (χ4n) is 1.72. The fraction of sp³-hybridized carbons (Fsp3) is 0.857. The molecule has 1 saturated carbocycles. The maximum atomic E-state index is 12.1. The molecule has 1 aliphatic carbocycles. The van der Waals surface area contributed by atoms with E-state index in [1.165, 1.54) is 0 Å². The number of hydrogen-bond acceptors (Lipinski definition) is 3. The van der Waals surface area contributed by atoms with Crippen LogP contribution in [0.4, 0.5) is 4.79 Å². The van der Waals surface area contributed by atoms with Crippen LogP contribution in [0.3, 0.4) is 0 Å². The van der Waals surface area contributed by atoms with Gasteiger partial charge in [-0.05, 0) is 40.0 Å². The van der Waals surface area contributed by atoms with E-state index in [1.807, 2.05) is 27.7 Å². The first-order valence-corrected chi connectivity index (χ1v) is 7.37. The number of aliphatic imine (C=N–C) groups is 1. The number of guanidine groups is 1. The van der Waals surface area contributed by atoms with Crippen LogP contribution < -0.4 is 11.1 Å². The molecule has 1 amide bonds. The summed E-state index contributed by atoms with van der Waals surface area (Å²) in [7, 11) is 0. The smallest absolute Gasteiger partial charge is 0.410 e. The summed E-state index contributed by atoms with van der Waals surface area (Å²) in [6.45, 7) is 9.58. The number of amides is 1. The Morgan fingerprint density at radius 2 is 2.10 bits per heavy atom. The minimum absolute atomic E-state index is 0.245. The predicted molar refractivity (Wildman–Crippen MR) is 80.7 cm³/mol. The van der Waals surface area contributed by atoms with Crippen LogP contribution in [0.5, 0.6) is 0 Å². The Balaban J connectivity index is 2.38. The van der Waals surface area contributed by atoms with Crippen molar-refractivity contribution in [2.45, 2.75) is 58.6 Å². The highest BCUT2D eigenvalue weighted by Gasteiger charge is 2.34. The van der Waals surface area contributed by atoms with Crippen molar-refractivity contribution in [3.63, 3.8) is 0 Å². The van der Waals surface area contributed by atoms with Gasteiger partial charge in [-0.15, -0.1) is 0 Å². The van der Waals surface area contributed by atoms with Crippen LogP contribution in [0.25, 0.3) is 0 Å². The molecular formula is C14H28N4O2. The zero-order valence-corrected chi connectivity index (χ0v) is 13.1. The molecule has 0 unspecified atom stereocenters. The van der Waals surface area contributed by atoms with Crippen LogP contribution in [0.1, 0.15) is 47.0 Å². The standard InChI is InChI=1S/C14H28N4O2/c1-5-8-16-12(15)17-9-10-18(11-6-7-11)13(19)20-14(2,3)4/h11H,5-10H2,1-4H3,(H3,15,16,17). The minimum Gasteiger partial charge on any atom is -0.444 e. The molecule has 0 aromatic heterocycles. The second kappa shape index (κ2) is 7.36. The lowest BCUT2D eigenvalue weighted by Crippen LogP contribution is -2.44. The lowest BCUT2D eigenvalue weighted by atomic mass is 10.2. The minimum atomic E-state index is -0.459. The molecule has 0 bridgehead atoms. The summed E-state index contributed by atoms with van der Waals surface area (Å²) in [5, 5.41) is 3.03. The van der Waals surface area contributed by atoms with Crippen LogP contribution in [0.15, 0.2) is 4.99 Å². The molecule has 6 heteroatoms. The van der Waals surface area contributed by atoms with Gasteiger partial charge in [0.05, 0.1) is 0 Å². The van der Waals surface area contributed by atoms with Gasteiger partial charge in [-0.25, -0.2) is 4.79 Å². The lowest BCUT2D eigenvalue weighted by Gasteiger charge is -2.27. The summed E-state index contributed by atoms with van der Waals surface area (Å²) in [4.78, 5) is 18.0. The number of carbonyl (C=O) groups excluding carboxylic acids is 1. The van der Waals surface area contributed by atoms with Gasteiger partial charge in [-0.2, -0.15) is 0 Å². The number of hydrogen-bond donors (Lipinski definition) is 2. The molecule has 20 heavy (non-hydrogen) atoms. The van der Waals surface area contributed by atoms with Gasteiger partial charge >= 0.3 is 6.09 Å². The Bertz CT molecular complexity index is 346. The van der Waals surface area contributed by atoms with Crippen LogP contribution in [0.2, 0.25) is 0 Å². The van der Waals surface area contributed by atoms with Crippen molar-refractivity contribution in [1.29, 1.82) is 0 Å². The first-order valence-electron chi connectivity index (χ1n) is 7.37. The quantitative estimate of drug-likeness (QED) is 0.574. The topological polar surface area (TPSA) is 80.0 Å². The first-order chi connectivity index (χ1) is 9.33. The van der Waals surface area contributed by atoms with E-state index in [2.05, 4.69) is 10.3 Å². The maximum absolute atomic E-state index is 12.1. The van der Waals surface area contributed by atoms with Crippen molar-refractivity contribution in [3.05, 3.63) is 0 Å². The van der Waals surface area contributed by atoms with Gasteiger partial charge in [0.2, 0.25) is 0 Å². The Kier molecular flexibility index (Phi) is 6.10. The molecule has 0 aromatic rings. The highest BCUT2D eigenvalue weighted by Crippen LogP contribution is 2.27. The molecule has 116 valence electrons. The van der Waals surface area contributed by atoms with Crippen molar-refractivity contribution < 1.29 is 9.53 Å². The third kappa shape index (κ3) is 6.63. The number of nitrogens with one attached hydrogen (secondary N) is 1. The van der Waals surface area contributed by atoms with E-state index < -0.39 is 5.60 Å². The molecule has 0 radical (unpaired) electrons. The molecule has 0 atom stereocenters. The van der Waals surface area contributed by atoms with Crippen molar-refractivity contribution in [2.24, 2.45) is 10.7 Å².